The summed E-state index contributed by atoms with van der Waals surface area (Å²) in [6.07, 6.45) is 2.41. The van der Waals surface area contributed by atoms with E-state index in [1.165, 1.54) is 10.8 Å². The zero-order valence-corrected chi connectivity index (χ0v) is 18.6. The number of aryl methyl sites for hydroxylation is 1. The second kappa shape index (κ2) is 8.71. The topological polar surface area (TPSA) is 120 Å². The molecule has 2 heterocycles. The van der Waals surface area contributed by atoms with Gasteiger partial charge < -0.3 is 23.9 Å². The number of aliphatic hydroxyl groups is 1. The van der Waals surface area contributed by atoms with E-state index in [1.54, 1.807) is 14.0 Å². The molecule has 8 atom stereocenters. The molecule has 0 bridgehead atoms. The van der Waals surface area contributed by atoms with E-state index in [0.29, 0.717) is 17.8 Å². The molecule has 0 spiro atoms. The van der Waals surface area contributed by atoms with Crippen molar-refractivity contribution < 1.29 is 23.9 Å². The summed E-state index contributed by atoms with van der Waals surface area (Å²) in [6.45, 7) is 3.57. The zero-order valence-electron chi connectivity index (χ0n) is 17.6. The maximum atomic E-state index is 12.8. The fraction of sp³-hybridized carbons (Fsp3) is 0.800. The van der Waals surface area contributed by atoms with E-state index in [-0.39, 0.29) is 30.2 Å². The summed E-state index contributed by atoms with van der Waals surface area (Å²) in [4.78, 5) is 26.6. The number of nitrogens with one attached hydrogen (secondary N) is 1. The van der Waals surface area contributed by atoms with Crippen molar-refractivity contribution in [2.75, 3.05) is 20.3 Å². The van der Waals surface area contributed by atoms with Gasteiger partial charge in [-0.2, -0.15) is 0 Å². The first-order chi connectivity index (χ1) is 14.3. The molecule has 1 aromatic heterocycles. The largest absolute Gasteiger partial charge is 0.394 e. The number of aromatic nitrogens is 2. The van der Waals surface area contributed by atoms with Gasteiger partial charge >= 0.3 is 5.69 Å². The fourth-order valence-corrected chi connectivity index (χ4v) is 7.07. The minimum Gasteiger partial charge on any atom is -0.394 e. The van der Waals surface area contributed by atoms with Crippen LogP contribution in [-0.2, 0) is 18.8 Å². The fourth-order valence-electron chi connectivity index (χ4n) is 4.58. The Morgan fingerprint density at radius 1 is 1.40 bits per heavy atom. The van der Waals surface area contributed by atoms with Crippen LogP contribution in [0.1, 0.15) is 38.0 Å². The van der Waals surface area contributed by atoms with Gasteiger partial charge in [-0.3, -0.25) is 14.3 Å². The Bertz CT molecular complexity index is 911. The van der Waals surface area contributed by atoms with Crippen LogP contribution in [0.5, 0.6) is 0 Å². The van der Waals surface area contributed by atoms with E-state index < -0.39 is 37.5 Å². The molecule has 9 nitrogen and oxygen atoms in total. The molecular formula is C20H31N2O7P. The quantitative estimate of drug-likeness (QED) is 0.545. The van der Waals surface area contributed by atoms with Crippen molar-refractivity contribution in [1.82, 2.24) is 9.55 Å². The van der Waals surface area contributed by atoms with Crippen LogP contribution in [0.25, 0.3) is 0 Å². The molecule has 3 aliphatic rings. The number of nitrogens with zero attached hydrogens (tertiary/aromatic N) is 1. The molecule has 0 amide bonds. The number of ether oxygens (including phenoxy) is 3. The van der Waals surface area contributed by atoms with Crippen LogP contribution in [0.4, 0.5) is 0 Å². The number of methoxy groups -OCH3 is 1. The van der Waals surface area contributed by atoms with Crippen LogP contribution in [0.3, 0.4) is 0 Å². The average molecular weight is 442 g/mol. The van der Waals surface area contributed by atoms with E-state index in [2.05, 4.69) is 4.98 Å². The van der Waals surface area contributed by atoms with Crippen LogP contribution < -0.4 is 11.2 Å². The van der Waals surface area contributed by atoms with Crippen LogP contribution in [0.2, 0.25) is 0 Å². The van der Waals surface area contributed by atoms with Gasteiger partial charge in [-0.1, -0.05) is 0 Å². The first-order valence-corrected chi connectivity index (χ1v) is 12.2. The zero-order chi connectivity index (χ0) is 21.6. The summed E-state index contributed by atoms with van der Waals surface area (Å²) in [5.41, 5.74) is -0.119. The molecule has 4 rings (SSSR count). The van der Waals surface area contributed by atoms with Crippen LogP contribution in [-0.4, -0.2) is 64.6 Å². The third-order valence-electron chi connectivity index (χ3n) is 6.61. The van der Waals surface area contributed by atoms with Crippen molar-refractivity contribution in [2.45, 2.75) is 69.0 Å². The highest BCUT2D eigenvalue weighted by Gasteiger charge is 2.59. The maximum absolute atomic E-state index is 12.8. The SMILES string of the molecule is CO[C@@H](C)COC1C(C2CC2[PH](=O)C2CC2)[C@@H](CO)O[C@H]1n1cc(C)c(=O)[nH]c1=O. The maximum Gasteiger partial charge on any atom is 0.330 e. The molecule has 10 heteroatoms. The van der Waals surface area contributed by atoms with E-state index in [9.17, 15) is 19.3 Å². The lowest BCUT2D eigenvalue weighted by molar-refractivity contribution is -0.0906. The van der Waals surface area contributed by atoms with Crippen molar-refractivity contribution in [2.24, 2.45) is 11.8 Å². The molecular weight excluding hydrogens is 411 g/mol. The van der Waals surface area contributed by atoms with Gasteiger partial charge in [0.1, 0.15) is 6.10 Å². The molecule has 1 aliphatic heterocycles. The molecule has 0 radical (unpaired) electrons. The predicted molar refractivity (Wildman–Crippen MR) is 111 cm³/mol. The lowest BCUT2D eigenvalue weighted by Crippen LogP contribution is -2.39. The van der Waals surface area contributed by atoms with Crippen molar-refractivity contribution in [3.63, 3.8) is 0 Å². The number of rotatable bonds is 9. The smallest absolute Gasteiger partial charge is 0.330 e. The minimum absolute atomic E-state index is 0.140. The standard InChI is InChI=1S/C20H31N2O7P/c1-10-7-22(20(25)21-18(10)24)19-17(28-9-11(2)27-3)16(14(8-23)29-19)13-6-15(13)30(26)12-4-5-12/h7,11-17,19,23,30H,4-6,8-9H2,1-3H3,(H,21,24,25)/t11-,13?,14+,15?,16?,17?,19+/m0/s1. The predicted octanol–water partition coefficient (Wildman–Crippen LogP) is 0.882. The van der Waals surface area contributed by atoms with Gasteiger partial charge in [-0.15, -0.1) is 0 Å². The van der Waals surface area contributed by atoms with Gasteiger partial charge in [-0.25, -0.2) is 4.79 Å². The van der Waals surface area contributed by atoms with Crippen molar-refractivity contribution >= 4 is 7.80 Å². The number of hydrogen-bond donors (Lipinski definition) is 2. The van der Waals surface area contributed by atoms with Crippen LogP contribution in [0.15, 0.2) is 15.8 Å². The van der Waals surface area contributed by atoms with Crippen LogP contribution in [0, 0.1) is 18.8 Å². The third-order valence-corrected chi connectivity index (χ3v) is 9.39. The monoisotopic (exact) mass is 442 g/mol. The summed E-state index contributed by atoms with van der Waals surface area (Å²) >= 11 is 0. The Labute approximate surface area is 175 Å². The van der Waals surface area contributed by atoms with E-state index in [1.807, 2.05) is 6.92 Å². The van der Waals surface area contributed by atoms with Gasteiger partial charge in [-0.05, 0) is 39.0 Å². The molecule has 2 N–H and O–H groups in total. The number of aromatic amines is 1. The first kappa shape index (κ1) is 22.0. The lowest BCUT2D eigenvalue weighted by atomic mass is 9.92. The van der Waals surface area contributed by atoms with E-state index >= 15 is 0 Å². The summed E-state index contributed by atoms with van der Waals surface area (Å²) in [5.74, 6) is -0.0394. The van der Waals surface area contributed by atoms with Gasteiger partial charge in [0, 0.05) is 36.1 Å². The Hall–Kier alpha value is -1.25. The van der Waals surface area contributed by atoms with Gasteiger partial charge in [0.05, 0.1) is 33.2 Å². The summed E-state index contributed by atoms with van der Waals surface area (Å²) in [6, 6.07) is 0. The van der Waals surface area contributed by atoms with Crippen molar-refractivity contribution in [1.29, 1.82) is 0 Å². The van der Waals surface area contributed by atoms with Crippen molar-refractivity contribution in [3.05, 3.63) is 32.6 Å². The molecule has 3 fully saturated rings. The average Bonchev–Trinajstić information content (AvgIpc) is 3.65. The molecule has 2 saturated carbocycles. The summed E-state index contributed by atoms with van der Waals surface area (Å²) in [5, 5.41) is 10.0. The van der Waals surface area contributed by atoms with Crippen LogP contribution >= 0.6 is 7.80 Å². The molecule has 5 unspecified atom stereocenters. The van der Waals surface area contributed by atoms with Gasteiger partial charge in [0.15, 0.2) is 6.23 Å². The van der Waals surface area contributed by atoms with Gasteiger partial charge in [0.2, 0.25) is 0 Å². The number of H-pyrrole nitrogens is 1. The third kappa shape index (κ3) is 4.23. The van der Waals surface area contributed by atoms with E-state index in [4.69, 9.17) is 14.2 Å². The highest BCUT2D eigenvalue weighted by Crippen LogP contribution is 2.63. The molecule has 2 aliphatic carbocycles. The number of aliphatic hydroxyl groups excluding tert-OH is 1. The lowest BCUT2D eigenvalue weighted by Gasteiger charge is -2.26. The number of hydrogen-bond acceptors (Lipinski definition) is 7. The van der Waals surface area contributed by atoms with Crippen molar-refractivity contribution in [3.8, 4) is 0 Å². The summed E-state index contributed by atoms with van der Waals surface area (Å²) in [7, 11) is -0.0645. The highest BCUT2D eigenvalue weighted by molar-refractivity contribution is 7.47. The normalized spacial score (nSPS) is 35.3. The first-order valence-electron chi connectivity index (χ1n) is 10.6. The minimum atomic E-state index is -1.66. The Balaban J connectivity index is 1.64. The highest BCUT2D eigenvalue weighted by atomic mass is 31.1. The second-order valence-corrected chi connectivity index (χ2v) is 11.2. The Morgan fingerprint density at radius 3 is 2.77 bits per heavy atom. The Kier molecular flexibility index (Phi) is 6.38. The molecule has 1 saturated heterocycles. The molecule has 0 aromatic carbocycles. The molecule has 168 valence electrons. The van der Waals surface area contributed by atoms with E-state index in [0.717, 1.165) is 19.3 Å². The van der Waals surface area contributed by atoms with Gasteiger partial charge in [0.25, 0.3) is 5.56 Å². The Morgan fingerprint density at radius 2 is 2.13 bits per heavy atom. The molecule has 30 heavy (non-hydrogen) atoms. The summed E-state index contributed by atoms with van der Waals surface area (Å²) < 4.78 is 31.7. The molecule has 1 aromatic rings. The second-order valence-electron chi connectivity index (χ2n) is 8.83.